The van der Waals surface area contributed by atoms with E-state index < -0.39 is 5.97 Å². The summed E-state index contributed by atoms with van der Waals surface area (Å²) in [6, 6.07) is 9.80. The summed E-state index contributed by atoms with van der Waals surface area (Å²) in [6.07, 6.45) is 0.628. The fourth-order valence-corrected chi connectivity index (χ4v) is 3.03. The highest BCUT2D eigenvalue weighted by atomic mass is 32.1. The quantitative estimate of drug-likeness (QED) is 0.805. The Morgan fingerprint density at radius 1 is 1.17 bits per heavy atom. The minimum absolute atomic E-state index is 0.0184. The van der Waals surface area contributed by atoms with Gasteiger partial charge in [-0.05, 0) is 18.9 Å². The van der Waals surface area contributed by atoms with Gasteiger partial charge < -0.3 is 10.0 Å². The number of hydrogen-bond acceptors (Lipinski definition) is 4. The maximum Gasteiger partial charge on any atom is 0.303 e. The van der Waals surface area contributed by atoms with Crippen molar-refractivity contribution in [1.29, 1.82) is 0 Å². The van der Waals surface area contributed by atoms with Crippen LogP contribution in [0.3, 0.4) is 0 Å². The van der Waals surface area contributed by atoms with Crippen molar-refractivity contribution in [3.8, 4) is 0 Å². The number of rotatable bonds is 8. The van der Waals surface area contributed by atoms with Crippen LogP contribution in [0.25, 0.3) is 0 Å². The maximum atomic E-state index is 12.5. The first kappa shape index (κ1) is 17.1. The van der Waals surface area contributed by atoms with Crippen LogP contribution in [0.2, 0.25) is 0 Å². The number of aryl methyl sites for hydroxylation is 1. The Kier molecular flexibility index (Phi) is 6.29. The standard InChI is InChI=1S/C17H20N2O3S/c1-13-15(23-12-18-13)11-19(10-14-6-3-2-4-7-14)16(20)8-5-9-17(21)22/h2-4,6-7,12H,5,8-11H2,1H3,(H,21,22). The van der Waals surface area contributed by atoms with Crippen molar-refractivity contribution in [2.75, 3.05) is 0 Å². The molecule has 1 heterocycles. The molecule has 2 rings (SSSR count). The van der Waals surface area contributed by atoms with Gasteiger partial charge in [0.15, 0.2) is 0 Å². The van der Waals surface area contributed by atoms with E-state index in [9.17, 15) is 9.59 Å². The monoisotopic (exact) mass is 332 g/mol. The summed E-state index contributed by atoms with van der Waals surface area (Å²) in [6.45, 7) is 2.96. The molecule has 0 aliphatic heterocycles. The van der Waals surface area contributed by atoms with Crippen LogP contribution < -0.4 is 0 Å². The molecule has 0 saturated heterocycles. The lowest BCUT2D eigenvalue weighted by atomic mass is 10.1. The Morgan fingerprint density at radius 3 is 2.52 bits per heavy atom. The second-order valence-electron chi connectivity index (χ2n) is 5.34. The van der Waals surface area contributed by atoms with E-state index in [0.717, 1.165) is 16.1 Å². The number of aliphatic carboxylic acids is 1. The van der Waals surface area contributed by atoms with Crippen LogP contribution in [0.4, 0.5) is 0 Å². The zero-order chi connectivity index (χ0) is 16.7. The number of benzene rings is 1. The van der Waals surface area contributed by atoms with Gasteiger partial charge in [-0.3, -0.25) is 9.59 Å². The van der Waals surface area contributed by atoms with Gasteiger partial charge in [-0.2, -0.15) is 0 Å². The summed E-state index contributed by atoms with van der Waals surface area (Å²) in [5.74, 6) is -0.895. The molecule has 1 amide bonds. The van der Waals surface area contributed by atoms with Crippen LogP contribution in [0.5, 0.6) is 0 Å². The van der Waals surface area contributed by atoms with Crippen molar-refractivity contribution in [2.24, 2.45) is 0 Å². The summed E-state index contributed by atoms with van der Waals surface area (Å²) in [4.78, 5) is 30.2. The van der Waals surface area contributed by atoms with Gasteiger partial charge in [-0.15, -0.1) is 11.3 Å². The molecule has 1 aromatic heterocycles. The molecular weight excluding hydrogens is 312 g/mol. The van der Waals surface area contributed by atoms with Gasteiger partial charge in [0.2, 0.25) is 5.91 Å². The summed E-state index contributed by atoms with van der Waals surface area (Å²) < 4.78 is 0. The van der Waals surface area contributed by atoms with Crippen molar-refractivity contribution < 1.29 is 14.7 Å². The zero-order valence-electron chi connectivity index (χ0n) is 13.1. The molecule has 0 aliphatic carbocycles. The third kappa shape index (κ3) is 5.49. The van der Waals surface area contributed by atoms with Crippen LogP contribution in [-0.2, 0) is 22.7 Å². The Labute approximate surface area is 139 Å². The number of nitrogens with zero attached hydrogens (tertiary/aromatic N) is 2. The lowest BCUT2D eigenvalue weighted by molar-refractivity contribution is -0.137. The SMILES string of the molecule is Cc1ncsc1CN(Cc1ccccc1)C(=O)CCCC(=O)O. The van der Waals surface area contributed by atoms with Gasteiger partial charge in [0, 0.05) is 24.3 Å². The fraction of sp³-hybridized carbons (Fsp3) is 0.353. The van der Waals surface area contributed by atoms with Crippen molar-refractivity contribution >= 4 is 23.2 Å². The van der Waals surface area contributed by atoms with E-state index >= 15 is 0 Å². The number of hydrogen-bond donors (Lipinski definition) is 1. The number of thiazole rings is 1. The van der Waals surface area contributed by atoms with Gasteiger partial charge in [0.05, 0.1) is 17.7 Å². The van der Waals surface area contributed by atoms with Crippen LogP contribution in [0.15, 0.2) is 35.8 Å². The van der Waals surface area contributed by atoms with E-state index in [1.165, 1.54) is 11.3 Å². The molecule has 6 heteroatoms. The minimum atomic E-state index is -0.870. The molecule has 5 nitrogen and oxygen atoms in total. The third-order valence-electron chi connectivity index (χ3n) is 3.53. The molecule has 0 bridgehead atoms. The molecule has 23 heavy (non-hydrogen) atoms. The number of carboxylic acid groups (broad SMARTS) is 1. The van der Waals surface area contributed by atoms with Crippen molar-refractivity contribution in [3.05, 3.63) is 52.0 Å². The second-order valence-corrected chi connectivity index (χ2v) is 6.28. The molecule has 0 fully saturated rings. The highest BCUT2D eigenvalue weighted by Gasteiger charge is 2.17. The fourth-order valence-electron chi connectivity index (χ4n) is 2.24. The van der Waals surface area contributed by atoms with Crippen molar-refractivity contribution in [2.45, 2.75) is 39.3 Å². The number of carbonyl (C=O) groups is 2. The van der Waals surface area contributed by atoms with E-state index in [-0.39, 0.29) is 18.7 Å². The van der Waals surface area contributed by atoms with Crippen LogP contribution in [-0.4, -0.2) is 26.9 Å². The highest BCUT2D eigenvalue weighted by molar-refractivity contribution is 7.09. The first-order valence-electron chi connectivity index (χ1n) is 7.48. The summed E-state index contributed by atoms with van der Waals surface area (Å²) in [5.41, 5.74) is 3.77. The summed E-state index contributed by atoms with van der Waals surface area (Å²) in [5, 5.41) is 8.71. The Bertz CT molecular complexity index is 655. The van der Waals surface area contributed by atoms with Crippen LogP contribution in [0.1, 0.15) is 35.4 Å². The third-order valence-corrected chi connectivity index (χ3v) is 4.45. The molecule has 0 radical (unpaired) electrons. The number of amides is 1. The number of carbonyl (C=O) groups excluding carboxylic acids is 1. The topological polar surface area (TPSA) is 70.5 Å². The Balaban J connectivity index is 2.05. The maximum absolute atomic E-state index is 12.5. The van der Waals surface area contributed by atoms with E-state index in [4.69, 9.17) is 5.11 Å². The zero-order valence-corrected chi connectivity index (χ0v) is 13.9. The van der Waals surface area contributed by atoms with Gasteiger partial charge in [-0.25, -0.2) is 4.98 Å². The van der Waals surface area contributed by atoms with E-state index in [2.05, 4.69) is 4.98 Å². The normalized spacial score (nSPS) is 10.5. The molecule has 0 atom stereocenters. The van der Waals surface area contributed by atoms with Crippen molar-refractivity contribution in [3.63, 3.8) is 0 Å². The molecule has 0 spiro atoms. The molecule has 0 aliphatic rings. The molecule has 0 unspecified atom stereocenters. The average Bonchev–Trinajstić information content (AvgIpc) is 2.92. The second kappa shape index (κ2) is 8.43. The Hall–Kier alpha value is -2.21. The highest BCUT2D eigenvalue weighted by Crippen LogP contribution is 2.18. The molecule has 1 aromatic carbocycles. The summed E-state index contributed by atoms with van der Waals surface area (Å²) in [7, 11) is 0. The van der Waals surface area contributed by atoms with Gasteiger partial charge in [-0.1, -0.05) is 30.3 Å². The molecule has 122 valence electrons. The van der Waals surface area contributed by atoms with Crippen molar-refractivity contribution in [1.82, 2.24) is 9.88 Å². The first-order valence-corrected chi connectivity index (χ1v) is 8.36. The van der Waals surface area contributed by atoms with Gasteiger partial charge in [0.1, 0.15) is 0 Å². The number of carboxylic acids is 1. The predicted molar refractivity (Wildman–Crippen MR) is 89.0 cm³/mol. The largest absolute Gasteiger partial charge is 0.481 e. The lowest BCUT2D eigenvalue weighted by Crippen LogP contribution is -2.30. The molecule has 1 N–H and O–H groups in total. The smallest absolute Gasteiger partial charge is 0.303 e. The van der Waals surface area contributed by atoms with E-state index in [0.29, 0.717) is 19.5 Å². The first-order chi connectivity index (χ1) is 11.1. The molecular formula is C17H20N2O3S. The van der Waals surface area contributed by atoms with Gasteiger partial charge >= 0.3 is 5.97 Å². The predicted octanol–water partition coefficient (Wildman–Crippen LogP) is 3.24. The van der Waals surface area contributed by atoms with Gasteiger partial charge in [0.25, 0.3) is 0 Å². The Morgan fingerprint density at radius 2 is 1.91 bits per heavy atom. The van der Waals surface area contributed by atoms with Crippen LogP contribution >= 0.6 is 11.3 Å². The van der Waals surface area contributed by atoms with Crippen LogP contribution in [0, 0.1) is 6.92 Å². The average molecular weight is 332 g/mol. The van der Waals surface area contributed by atoms with E-state index in [1.807, 2.05) is 37.3 Å². The molecule has 2 aromatic rings. The minimum Gasteiger partial charge on any atom is -0.481 e. The lowest BCUT2D eigenvalue weighted by Gasteiger charge is -2.22. The number of aromatic nitrogens is 1. The molecule has 0 saturated carbocycles. The van der Waals surface area contributed by atoms with E-state index in [1.54, 1.807) is 10.4 Å². The summed E-state index contributed by atoms with van der Waals surface area (Å²) >= 11 is 1.54.